The normalized spacial score (nSPS) is 13.4. The average molecular weight is 266 g/mol. The van der Waals surface area contributed by atoms with Gasteiger partial charge in [-0.25, -0.2) is 4.98 Å². The highest BCUT2D eigenvalue weighted by molar-refractivity contribution is 6.16. The van der Waals surface area contributed by atoms with Crippen LogP contribution in [-0.2, 0) is 5.88 Å². The smallest absolute Gasteiger partial charge is 0.125 e. The van der Waals surface area contributed by atoms with Gasteiger partial charge in [0.25, 0.3) is 0 Å². The molecule has 0 saturated carbocycles. The fourth-order valence-electron chi connectivity index (χ4n) is 2.45. The fourth-order valence-corrected chi connectivity index (χ4v) is 2.64. The number of imidazole rings is 1. The molecular weight excluding hydrogens is 246 g/mol. The third kappa shape index (κ3) is 2.52. The zero-order valence-electron chi connectivity index (χ0n) is 11.4. The van der Waals surface area contributed by atoms with Crippen molar-refractivity contribution in [3.8, 4) is 0 Å². The molecule has 4 heteroatoms. The first-order valence-electron chi connectivity index (χ1n) is 6.21. The van der Waals surface area contributed by atoms with E-state index in [0.717, 1.165) is 17.9 Å². The first-order chi connectivity index (χ1) is 8.52. The molecule has 1 aromatic heterocycles. The van der Waals surface area contributed by atoms with E-state index in [4.69, 9.17) is 11.6 Å². The van der Waals surface area contributed by atoms with Crippen LogP contribution in [0, 0.1) is 6.92 Å². The van der Waals surface area contributed by atoms with Gasteiger partial charge in [-0.3, -0.25) is 0 Å². The molecular formula is C14H20ClN3. The maximum Gasteiger partial charge on any atom is 0.125 e. The van der Waals surface area contributed by atoms with Crippen molar-refractivity contribution in [2.24, 2.45) is 0 Å². The number of benzene rings is 1. The quantitative estimate of drug-likeness (QED) is 0.792. The number of halogens is 1. The van der Waals surface area contributed by atoms with E-state index in [1.165, 1.54) is 11.1 Å². The van der Waals surface area contributed by atoms with Crippen molar-refractivity contribution in [2.75, 3.05) is 20.6 Å². The van der Waals surface area contributed by atoms with Crippen LogP contribution in [0.5, 0.6) is 0 Å². The Morgan fingerprint density at radius 3 is 2.72 bits per heavy atom. The molecule has 0 aliphatic rings. The fraction of sp³-hybridized carbons (Fsp3) is 0.500. The minimum atomic E-state index is 0.362. The van der Waals surface area contributed by atoms with Crippen LogP contribution >= 0.6 is 11.6 Å². The summed E-state index contributed by atoms with van der Waals surface area (Å²) in [4.78, 5) is 6.82. The van der Waals surface area contributed by atoms with Crippen molar-refractivity contribution >= 4 is 22.6 Å². The maximum absolute atomic E-state index is 6.03. The molecule has 98 valence electrons. The van der Waals surface area contributed by atoms with Gasteiger partial charge in [0.1, 0.15) is 5.82 Å². The summed E-state index contributed by atoms with van der Waals surface area (Å²) in [5.74, 6) is 1.40. The molecule has 1 aromatic carbocycles. The third-order valence-corrected chi connectivity index (χ3v) is 3.35. The van der Waals surface area contributed by atoms with Crippen molar-refractivity contribution in [2.45, 2.75) is 25.8 Å². The number of aryl methyl sites for hydroxylation is 1. The Kier molecular flexibility index (Phi) is 3.93. The van der Waals surface area contributed by atoms with Gasteiger partial charge in [-0.1, -0.05) is 6.07 Å². The zero-order valence-corrected chi connectivity index (χ0v) is 12.2. The lowest BCUT2D eigenvalue weighted by molar-refractivity contribution is 0.337. The molecule has 0 radical (unpaired) electrons. The Labute approximate surface area is 113 Å². The Bertz CT molecular complexity index is 545. The second-order valence-electron chi connectivity index (χ2n) is 5.14. The van der Waals surface area contributed by atoms with E-state index in [1.807, 2.05) is 0 Å². The summed E-state index contributed by atoms with van der Waals surface area (Å²) in [6.07, 6.45) is 0. The largest absolute Gasteiger partial charge is 0.323 e. The van der Waals surface area contributed by atoms with Crippen LogP contribution in [0.4, 0.5) is 0 Å². The van der Waals surface area contributed by atoms with E-state index >= 15 is 0 Å². The number of fused-ring (bicyclic) bond motifs is 1. The SMILES string of the molecule is Cc1ccc2c(c1)nc(CCl)n2C(C)CN(C)C. The molecule has 0 aliphatic heterocycles. The molecule has 0 saturated heterocycles. The number of rotatable bonds is 4. The van der Waals surface area contributed by atoms with Gasteiger partial charge in [0.05, 0.1) is 16.9 Å². The number of hydrogen-bond acceptors (Lipinski definition) is 2. The van der Waals surface area contributed by atoms with Crippen LogP contribution in [0.15, 0.2) is 18.2 Å². The topological polar surface area (TPSA) is 21.1 Å². The van der Waals surface area contributed by atoms with Gasteiger partial charge in [-0.2, -0.15) is 0 Å². The van der Waals surface area contributed by atoms with Crippen molar-refractivity contribution in [1.82, 2.24) is 14.5 Å². The highest BCUT2D eigenvalue weighted by atomic mass is 35.5. The number of nitrogens with zero attached hydrogens (tertiary/aromatic N) is 3. The highest BCUT2D eigenvalue weighted by Crippen LogP contribution is 2.23. The molecule has 0 amide bonds. The lowest BCUT2D eigenvalue weighted by Crippen LogP contribution is -2.23. The molecule has 18 heavy (non-hydrogen) atoms. The Balaban J connectivity index is 2.53. The Morgan fingerprint density at radius 2 is 2.11 bits per heavy atom. The summed E-state index contributed by atoms with van der Waals surface area (Å²) >= 11 is 6.03. The van der Waals surface area contributed by atoms with Crippen LogP contribution in [0.25, 0.3) is 11.0 Å². The van der Waals surface area contributed by atoms with Gasteiger partial charge >= 0.3 is 0 Å². The van der Waals surface area contributed by atoms with Crippen molar-refractivity contribution in [1.29, 1.82) is 0 Å². The summed E-state index contributed by atoms with van der Waals surface area (Å²) in [6.45, 7) is 5.27. The second-order valence-corrected chi connectivity index (χ2v) is 5.40. The van der Waals surface area contributed by atoms with Gasteiger partial charge in [0.15, 0.2) is 0 Å². The summed E-state index contributed by atoms with van der Waals surface area (Å²) in [7, 11) is 4.17. The van der Waals surface area contributed by atoms with Gasteiger partial charge in [0, 0.05) is 12.6 Å². The second kappa shape index (κ2) is 5.29. The van der Waals surface area contributed by atoms with Gasteiger partial charge in [0.2, 0.25) is 0 Å². The highest BCUT2D eigenvalue weighted by Gasteiger charge is 2.15. The predicted octanol–water partition coefficient (Wildman–Crippen LogP) is 3.21. The summed E-state index contributed by atoms with van der Waals surface area (Å²) in [5.41, 5.74) is 3.44. The van der Waals surface area contributed by atoms with Gasteiger partial charge in [-0.05, 0) is 45.6 Å². The average Bonchev–Trinajstić information content (AvgIpc) is 2.65. The molecule has 1 heterocycles. The monoisotopic (exact) mass is 265 g/mol. The first-order valence-corrected chi connectivity index (χ1v) is 6.74. The number of aromatic nitrogens is 2. The first kappa shape index (κ1) is 13.4. The van der Waals surface area contributed by atoms with Crippen molar-refractivity contribution < 1.29 is 0 Å². The summed E-state index contributed by atoms with van der Waals surface area (Å²) in [5, 5.41) is 0. The molecule has 2 rings (SSSR count). The molecule has 3 nitrogen and oxygen atoms in total. The zero-order chi connectivity index (χ0) is 13.3. The maximum atomic E-state index is 6.03. The summed E-state index contributed by atoms with van der Waals surface area (Å²) < 4.78 is 2.25. The standard InChI is InChI=1S/C14H20ClN3/c1-10-5-6-13-12(7-10)16-14(8-15)18(13)11(2)9-17(3)4/h5-7,11H,8-9H2,1-4H3. The Morgan fingerprint density at radius 1 is 1.39 bits per heavy atom. The lowest BCUT2D eigenvalue weighted by Gasteiger charge is -2.20. The van der Waals surface area contributed by atoms with Gasteiger partial charge < -0.3 is 9.47 Å². The molecule has 2 aromatic rings. The minimum absolute atomic E-state index is 0.362. The molecule has 0 bridgehead atoms. The van der Waals surface area contributed by atoms with Crippen molar-refractivity contribution in [3.63, 3.8) is 0 Å². The van der Waals surface area contributed by atoms with Gasteiger partial charge in [-0.15, -0.1) is 11.6 Å². The molecule has 1 unspecified atom stereocenters. The molecule has 0 fully saturated rings. The molecule has 1 atom stereocenters. The number of hydrogen-bond donors (Lipinski definition) is 0. The van der Waals surface area contributed by atoms with Crippen LogP contribution in [-0.4, -0.2) is 35.1 Å². The van der Waals surface area contributed by atoms with Crippen LogP contribution in [0.1, 0.15) is 24.4 Å². The van der Waals surface area contributed by atoms with E-state index in [0.29, 0.717) is 11.9 Å². The Hall–Kier alpha value is -1.06. The van der Waals surface area contributed by atoms with E-state index in [2.05, 4.69) is 60.6 Å². The lowest BCUT2D eigenvalue weighted by atomic mass is 10.2. The third-order valence-electron chi connectivity index (χ3n) is 3.11. The van der Waals surface area contributed by atoms with Crippen molar-refractivity contribution in [3.05, 3.63) is 29.6 Å². The van der Waals surface area contributed by atoms with Crippen LogP contribution < -0.4 is 0 Å². The van der Waals surface area contributed by atoms with Crippen LogP contribution in [0.3, 0.4) is 0 Å². The number of alkyl halides is 1. The molecule has 0 spiro atoms. The van der Waals surface area contributed by atoms with E-state index in [1.54, 1.807) is 0 Å². The predicted molar refractivity (Wildman–Crippen MR) is 77.3 cm³/mol. The van der Waals surface area contributed by atoms with E-state index in [9.17, 15) is 0 Å². The number of likely N-dealkylation sites (N-methyl/N-ethyl adjacent to an activating group) is 1. The van der Waals surface area contributed by atoms with E-state index in [-0.39, 0.29) is 0 Å². The van der Waals surface area contributed by atoms with Crippen LogP contribution in [0.2, 0.25) is 0 Å². The summed E-state index contributed by atoms with van der Waals surface area (Å²) in [6, 6.07) is 6.74. The minimum Gasteiger partial charge on any atom is -0.323 e. The molecule has 0 N–H and O–H groups in total. The molecule has 0 aliphatic carbocycles. The van der Waals surface area contributed by atoms with E-state index < -0.39 is 0 Å².